The zero-order valence-corrected chi connectivity index (χ0v) is 10.5. The summed E-state index contributed by atoms with van der Waals surface area (Å²) in [6, 6.07) is 2.94. The van der Waals surface area contributed by atoms with E-state index in [1.807, 2.05) is 0 Å². The van der Waals surface area contributed by atoms with Crippen molar-refractivity contribution in [2.75, 3.05) is 12.4 Å². The molecule has 2 aromatic rings. The van der Waals surface area contributed by atoms with E-state index in [1.165, 1.54) is 12.3 Å². The molecular weight excluding hydrogens is 256 g/mol. The first-order chi connectivity index (χ1) is 8.60. The third-order valence-corrected chi connectivity index (χ3v) is 2.93. The van der Waals surface area contributed by atoms with Crippen molar-refractivity contribution in [1.29, 1.82) is 0 Å². The van der Waals surface area contributed by atoms with Gasteiger partial charge in [-0.25, -0.2) is 9.97 Å². The molecule has 18 heavy (non-hydrogen) atoms. The van der Waals surface area contributed by atoms with Crippen LogP contribution in [0, 0.1) is 17.0 Å². The Morgan fingerprint density at radius 2 is 2.22 bits per heavy atom. The van der Waals surface area contributed by atoms with Crippen LogP contribution in [-0.4, -0.2) is 21.9 Å². The molecule has 0 saturated carbocycles. The van der Waals surface area contributed by atoms with Gasteiger partial charge in [-0.2, -0.15) is 0 Å². The van der Waals surface area contributed by atoms with Crippen molar-refractivity contribution in [3.05, 3.63) is 34.2 Å². The number of anilines is 1. The van der Waals surface area contributed by atoms with Crippen molar-refractivity contribution in [1.82, 2.24) is 9.97 Å². The summed E-state index contributed by atoms with van der Waals surface area (Å²) < 4.78 is 5.15. The number of nitrogens with one attached hydrogen (secondary N) is 1. The number of aromatic nitrogens is 2. The van der Waals surface area contributed by atoms with Gasteiger partial charge in [-0.05, 0) is 24.8 Å². The van der Waals surface area contributed by atoms with Gasteiger partial charge in [0.05, 0.1) is 10.6 Å². The summed E-state index contributed by atoms with van der Waals surface area (Å²) in [7, 11) is 1.69. The van der Waals surface area contributed by atoms with Gasteiger partial charge in [0.25, 0.3) is 5.22 Å². The van der Waals surface area contributed by atoms with Crippen LogP contribution in [0.2, 0.25) is 0 Å². The predicted molar refractivity (Wildman–Crippen MR) is 65.8 cm³/mol. The summed E-state index contributed by atoms with van der Waals surface area (Å²) in [4.78, 5) is 18.6. The van der Waals surface area contributed by atoms with Crippen LogP contribution in [0.15, 0.2) is 33.1 Å². The highest BCUT2D eigenvalue weighted by atomic mass is 32.2. The molecule has 0 bridgehead atoms. The van der Waals surface area contributed by atoms with Crippen molar-refractivity contribution in [2.45, 2.75) is 17.2 Å². The summed E-state index contributed by atoms with van der Waals surface area (Å²) in [5.41, 5.74) is 0.639. The van der Waals surface area contributed by atoms with Crippen molar-refractivity contribution in [3.63, 3.8) is 0 Å². The Kier molecular flexibility index (Phi) is 3.47. The molecule has 7 nitrogen and oxygen atoms in total. The zero-order valence-electron chi connectivity index (χ0n) is 9.71. The predicted octanol–water partition coefficient (Wildman–Crippen LogP) is 2.48. The molecule has 94 valence electrons. The van der Waals surface area contributed by atoms with Gasteiger partial charge >= 0.3 is 5.69 Å². The number of nitrogens with zero attached hydrogens (tertiary/aromatic N) is 3. The highest BCUT2D eigenvalue weighted by Gasteiger charge is 2.19. The Morgan fingerprint density at radius 1 is 1.44 bits per heavy atom. The molecule has 2 heterocycles. The highest BCUT2D eigenvalue weighted by molar-refractivity contribution is 7.99. The molecule has 0 amide bonds. The van der Waals surface area contributed by atoms with Crippen LogP contribution < -0.4 is 5.32 Å². The molecule has 1 N–H and O–H groups in total. The molecule has 0 aliphatic heterocycles. The largest absolute Gasteiger partial charge is 0.439 e. The molecule has 0 spiro atoms. The minimum atomic E-state index is -0.482. The molecule has 0 atom stereocenters. The fourth-order valence-corrected chi connectivity index (χ4v) is 2.09. The van der Waals surface area contributed by atoms with Gasteiger partial charge in [-0.3, -0.25) is 10.1 Å². The molecular formula is C10H10N4O3S. The first-order valence-corrected chi connectivity index (χ1v) is 5.85. The summed E-state index contributed by atoms with van der Waals surface area (Å²) in [6.45, 7) is 1.78. The van der Waals surface area contributed by atoms with Crippen molar-refractivity contribution < 1.29 is 9.34 Å². The van der Waals surface area contributed by atoms with Gasteiger partial charge in [-0.15, -0.1) is 0 Å². The molecule has 8 heteroatoms. The van der Waals surface area contributed by atoms with Gasteiger partial charge in [0, 0.05) is 13.1 Å². The zero-order chi connectivity index (χ0) is 13.1. The monoisotopic (exact) mass is 266 g/mol. The number of nitro groups is 1. The van der Waals surface area contributed by atoms with E-state index < -0.39 is 4.92 Å². The summed E-state index contributed by atoms with van der Waals surface area (Å²) in [5.74, 6) is 0.548. The van der Waals surface area contributed by atoms with E-state index in [1.54, 1.807) is 20.0 Å². The fourth-order valence-electron chi connectivity index (χ4n) is 1.25. The van der Waals surface area contributed by atoms with E-state index in [0.29, 0.717) is 16.7 Å². The maximum Gasteiger partial charge on any atom is 0.302 e. The third kappa shape index (κ3) is 2.59. The summed E-state index contributed by atoms with van der Waals surface area (Å²) in [5, 5.41) is 14.3. The maximum atomic E-state index is 10.9. The van der Waals surface area contributed by atoms with Crippen LogP contribution in [0.4, 0.5) is 11.5 Å². The third-order valence-electron chi connectivity index (χ3n) is 2.07. The standard InChI is InChI=1S/C10H10N4O3S/c1-6-5-17-10(12-6)18-9-7(14(15)16)3-4-8(11-2)13-9/h3-5H,1-2H3,(H,11,13). The van der Waals surface area contributed by atoms with Gasteiger partial charge in [0.2, 0.25) is 0 Å². The molecule has 0 aliphatic rings. The van der Waals surface area contributed by atoms with Gasteiger partial charge < -0.3 is 9.73 Å². The summed E-state index contributed by atoms with van der Waals surface area (Å²) >= 11 is 1.02. The average molecular weight is 266 g/mol. The lowest BCUT2D eigenvalue weighted by Crippen LogP contribution is -1.97. The molecule has 0 saturated heterocycles. The normalized spacial score (nSPS) is 10.3. The number of rotatable bonds is 4. The minimum absolute atomic E-state index is 0.0742. The number of aryl methyl sites for hydroxylation is 1. The van der Waals surface area contributed by atoms with E-state index in [0.717, 1.165) is 11.8 Å². The maximum absolute atomic E-state index is 10.9. The molecule has 0 radical (unpaired) electrons. The Bertz CT molecular complexity index is 584. The van der Waals surface area contributed by atoms with Crippen molar-refractivity contribution in [2.24, 2.45) is 0 Å². The van der Waals surface area contributed by atoms with E-state index in [4.69, 9.17) is 4.42 Å². The van der Waals surface area contributed by atoms with Crippen LogP contribution in [0.5, 0.6) is 0 Å². The molecule has 2 rings (SSSR count). The number of hydrogen-bond acceptors (Lipinski definition) is 7. The van der Waals surface area contributed by atoms with Crippen LogP contribution in [0.25, 0.3) is 0 Å². The number of hydrogen-bond donors (Lipinski definition) is 1. The van der Waals surface area contributed by atoms with E-state index >= 15 is 0 Å². The van der Waals surface area contributed by atoms with E-state index in [9.17, 15) is 10.1 Å². The second-order valence-electron chi connectivity index (χ2n) is 3.38. The Hall–Kier alpha value is -2.09. The topological polar surface area (TPSA) is 94.1 Å². The molecule has 0 aliphatic carbocycles. The van der Waals surface area contributed by atoms with E-state index in [-0.39, 0.29) is 10.7 Å². The minimum Gasteiger partial charge on any atom is -0.439 e. The molecule has 0 unspecified atom stereocenters. The first kappa shape index (κ1) is 12.4. The number of pyridine rings is 1. The second-order valence-corrected chi connectivity index (χ2v) is 4.32. The Balaban J connectivity index is 2.37. The summed E-state index contributed by atoms with van der Waals surface area (Å²) in [6.07, 6.45) is 1.48. The molecule has 0 aromatic carbocycles. The number of oxazole rings is 1. The van der Waals surface area contributed by atoms with Gasteiger partial charge in [0.15, 0.2) is 5.03 Å². The average Bonchev–Trinajstić information content (AvgIpc) is 2.74. The van der Waals surface area contributed by atoms with Crippen LogP contribution in [-0.2, 0) is 0 Å². The van der Waals surface area contributed by atoms with Crippen molar-refractivity contribution in [3.8, 4) is 0 Å². The van der Waals surface area contributed by atoms with Gasteiger partial charge in [0.1, 0.15) is 12.1 Å². The second kappa shape index (κ2) is 5.05. The quantitative estimate of drug-likeness (QED) is 0.671. The van der Waals surface area contributed by atoms with Crippen molar-refractivity contribution >= 4 is 23.3 Å². The lowest BCUT2D eigenvalue weighted by atomic mass is 10.4. The highest BCUT2D eigenvalue weighted by Crippen LogP contribution is 2.33. The Morgan fingerprint density at radius 3 is 2.78 bits per heavy atom. The van der Waals surface area contributed by atoms with Gasteiger partial charge in [-0.1, -0.05) is 0 Å². The van der Waals surface area contributed by atoms with Crippen LogP contribution in [0.1, 0.15) is 5.69 Å². The lowest BCUT2D eigenvalue weighted by Gasteiger charge is -2.02. The first-order valence-electron chi connectivity index (χ1n) is 5.03. The van der Waals surface area contributed by atoms with Crippen LogP contribution >= 0.6 is 11.8 Å². The van der Waals surface area contributed by atoms with E-state index in [2.05, 4.69) is 15.3 Å². The molecule has 0 fully saturated rings. The van der Waals surface area contributed by atoms with Crippen LogP contribution in [0.3, 0.4) is 0 Å². The Labute approximate surface area is 107 Å². The fraction of sp³-hybridized carbons (Fsp3) is 0.200. The molecule has 2 aromatic heterocycles. The lowest BCUT2D eigenvalue weighted by molar-refractivity contribution is -0.388. The SMILES string of the molecule is CNc1ccc([N+](=O)[O-])c(Sc2nc(C)co2)n1. The smallest absolute Gasteiger partial charge is 0.302 e.